The van der Waals surface area contributed by atoms with E-state index < -0.39 is 18.5 Å². The summed E-state index contributed by atoms with van der Waals surface area (Å²) in [6.45, 7) is -2.01. The van der Waals surface area contributed by atoms with Crippen LogP contribution in [0.2, 0.25) is 0 Å². The van der Waals surface area contributed by atoms with Gasteiger partial charge >= 0.3 is 0 Å². The van der Waals surface area contributed by atoms with Gasteiger partial charge in [0.05, 0.1) is 0 Å². The van der Waals surface area contributed by atoms with E-state index in [1.165, 1.54) is 0 Å². The number of carbonyl (C=O) groups is 1. The van der Waals surface area contributed by atoms with Gasteiger partial charge in [0.25, 0.3) is 12.4 Å². The molecule has 1 aromatic rings. The third kappa shape index (κ3) is 1.91. The van der Waals surface area contributed by atoms with E-state index in [4.69, 9.17) is 15.1 Å². The van der Waals surface area contributed by atoms with Crippen LogP contribution < -0.4 is 10.3 Å². The number of aliphatic hydroxyl groups is 2. The summed E-state index contributed by atoms with van der Waals surface area (Å²) in [6, 6.07) is 6.67. The summed E-state index contributed by atoms with van der Waals surface area (Å²) in [6.07, 6.45) is -1.07. The van der Waals surface area contributed by atoms with Crippen molar-refractivity contribution in [2.24, 2.45) is 0 Å². The van der Waals surface area contributed by atoms with Crippen molar-refractivity contribution in [3.05, 3.63) is 29.8 Å². The van der Waals surface area contributed by atoms with Gasteiger partial charge in [0.1, 0.15) is 0 Å². The number of benzene rings is 1. The first kappa shape index (κ1) is 9.91. The van der Waals surface area contributed by atoms with Gasteiger partial charge in [-0.05, 0) is 6.07 Å². The summed E-state index contributed by atoms with van der Waals surface area (Å²) in [5.74, 6) is -0.162. The maximum Gasteiger partial charge on any atom is 0.286 e. The van der Waals surface area contributed by atoms with Crippen molar-refractivity contribution in [1.82, 2.24) is 5.48 Å². The van der Waals surface area contributed by atoms with Gasteiger partial charge in [0, 0.05) is 5.56 Å². The number of fused-ring (bicyclic) bond motifs is 1. The molecule has 0 aliphatic carbocycles. The number of hydrogen-bond acceptors (Lipinski definition) is 5. The van der Waals surface area contributed by atoms with E-state index in [2.05, 4.69) is 10.2 Å². The zero-order valence-corrected chi connectivity index (χ0v) is 7.58. The molecule has 0 spiro atoms. The normalized spacial score (nSPS) is 19.4. The minimum Gasteiger partial charge on any atom is -0.379 e. The molecule has 1 aliphatic rings. The summed E-state index contributed by atoms with van der Waals surface area (Å²) in [4.78, 5) is 16.2. The lowest BCUT2D eigenvalue weighted by atomic mass is 10.1. The van der Waals surface area contributed by atoms with Crippen LogP contribution in [0.4, 0.5) is 0 Å². The highest BCUT2D eigenvalue weighted by molar-refractivity contribution is 5.83. The Morgan fingerprint density at radius 2 is 2.13 bits per heavy atom. The Hall–Kier alpha value is -1.63. The number of hydrogen-bond donors (Lipinski definition) is 3. The Labute approximate surface area is 85.0 Å². The minimum absolute atomic E-state index is 0.419. The van der Waals surface area contributed by atoms with Crippen LogP contribution >= 0.6 is 0 Å². The molecule has 1 atom stereocenters. The average molecular weight is 211 g/mol. The number of hydroxylamine groups is 1. The molecule has 0 saturated heterocycles. The fourth-order valence-electron chi connectivity index (χ4n) is 1.35. The number of amides is 1. The van der Waals surface area contributed by atoms with Crippen molar-refractivity contribution in [1.29, 1.82) is 0 Å². The maximum absolute atomic E-state index is 11.3. The molecule has 0 bridgehead atoms. The van der Waals surface area contributed by atoms with E-state index in [1.54, 1.807) is 24.3 Å². The highest BCUT2D eigenvalue weighted by atomic mass is 16.7. The Kier molecular flexibility index (Phi) is 2.55. The topological polar surface area (TPSA) is 88.0 Å². The Morgan fingerprint density at radius 1 is 1.40 bits per heavy atom. The number of ether oxygens (including phenoxy) is 1. The lowest BCUT2D eigenvalue weighted by molar-refractivity contribution is -0.257. The second-order valence-corrected chi connectivity index (χ2v) is 2.95. The lowest BCUT2D eigenvalue weighted by Crippen LogP contribution is -2.39. The third-order valence-electron chi connectivity index (χ3n) is 1.96. The van der Waals surface area contributed by atoms with Crippen LogP contribution in [0.15, 0.2) is 24.3 Å². The van der Waals surface area contributed by atoms with Crippen molar-refractivity contribution >= 4 is 5.91 Å². The van der Waals surface area contributed by atoms with Crippen molar-refractivity contribution in [3.8, 4) is 5.75 Å². The SMILES string of the molecule is O=C1NOc2ccccc2C1OC(O)O. The fraction of sp³-hybridized carbons (Fsp3) is 0.222. The molecule has 3 N–H and O–H groups in total. The van der Waals surface area contributed by atoms with Crippen molar-refractivity contribution in [3.63, 3.8) is 0 Å². The van der Waals surface area contributed by atoms with E-state index in [0.717, 1.165) is 0 Å². The van der Waals surface area contributed by atoms with Gasteiger partial charge < -0.3 is 19.8 Å². The summed E-state index contributed by atoms with van der Waals surface area (Å²) >= 11 is 0. The molecule has 0 aromatic heterocycles. The standard InChI is InChI=1S/C9H9NO5/c11-8-7(14-9(12)13)5-3-1-2-4-6(5)15-10-8/h1-4,7,9,12-13H,(H,10,11). The second kappa shape index (κ2) is 3.85. The zero-order chi connectivity index (χ0) is 10.8. The van der Waals surface area contributed by atoms with Gasteiger partial charge in [-0.1, -0.05) is 18.2 Å². The summed E-state index contributed by atoms with van der Waals surface area (Å²) in [7, 11) is 0. The molecule has 1 amide bonds. The van der Waals surface area contributed by atoms with E-state index in [1.807, 2.05) is 0 Å². The monoisotopic (exact) mass is 211 g/mol. The lowest BCUT2D eigenvalue weighted by Gasteiger charge is -2.25. The molecule has 1 aliphatic heterocycles. The van der Waals surface area contributed by atoms with E-state index in [0.29, 0.717) is 11.3 Å². The molecule has 1 aromatic carbocycles. The van der Waals surface area contributed by atoms with Gasteiger partial charge in [0.2, 0.25) is 0 Å². The molecule has 1 unspecified atom stereocenters. The van der Waals surface area contributed by atoms with E-state index in [9.17, 15) is 4.79 Å². The first-order chi connectivity index (χ1) is 7.18. The molecule has 15 heavy (non-hydrogen) atoms. The Balaban J connectivity index is 2.33. The molecular weight excluding hydrogens is 202 g/mol. The molecule has 1 heterocycles. The summed E-state index contributed by atoms with van der Waals surface area (Å²) < 4.78 is 4.65. The van der Waals surface area contributed by atoms with Crippen molar-refractivity contribution < 1.29 is 24.6 Å². The van der Waals surface area contributed by atoms with Crippen molar-refractivity contribution in [2.45, 2.75) is 12.6 Å². The minimum atomic E-state index is -2.01. The first-order valence-corrected chi connectivity index (χ1v) is 4.25. The maximum atomic E-state index is 11.3. The molecule has 6 heteroatoms. The summed E-state index contributed by atoms with van der Waals surface area (Å²) in [5, 5.41) is 17.3. The average Bonchev–Trinajstić information content (AvgIpc) is 2.22. The van der Waals surface area contributed by atoms with Crippen LogP contribution in [0.5, 0.6) is 5.75 Å². The fourth-order valence-corrected chi connectivity index (χ4v) is 1.35. The largest absolute Gasteiger partial charge is 0.379 e. The van der Waals surface area contributed by atoms with Gasteiger partial charge in [-0.3, -0.25) is 4.79 Å². The zero-order valence-electron chi connectivity index (χ0n) is 7.58. The van der Waals surface area contributed by atoms with Gasteiger partial charge in [0.15, 0.2) is 11.9 Å². The number of carbonyl (C=O) groups excluding carboxylic acids is 1. The number of para-hydroxylation sites is 1. The predicted molar refractivity (Wildman–Crippen MR) is 47.3 cm³/mol. The first-order valence-electron chi connectivity index (χ1n) is 4.25. The van der Waals surface area contributed by atoms with Crippen LogP contribution in [0.25, 0.3) is 0 Å². The molecule has 2 rings (SSSR count). The summed E-state index contributed by atoms with van der Waals surface area (Å²) in [5.41, 5.74) is 2.56. The van der Waals surface area contributed by atoms with Crippen LogP contribution in [0.1, 0.15) is 11.7 Å². The molecule has 0 radical (unpaired) electrons. The van der Waals surface area contributed by atoms with Crippen molar-refractivity contribution in [2.75, 3.05) is 0 Å². The smallest absolute Gasteiger partial charge is 0.286 e. The molecule has 0 fully saturated rings. The van der Waals surface area contributed by atoms with Crippen LogP contribution in [-0.2, 0) is 9.53 Å². The van der Waals surface area contributed by atoms with E-state index in [-0.39, 0.29) is 0 Å². The number of nitrogens with one attached hydrogen (secondary N) is 1. The van der Waals surface area contributed by atoms with Crippen LogP contribution in [0.3, 0.4) is 0 Å². The Bertz CT molecular complexity index is 379. The predicted octanol–water partition coefficient (Wildman–Crippen LogP) is -0.564. The van der Waals surface area contributed by atoms with Crippen LogP contribution in [0, 0.1) is 0 Å². The van der Waals surface area contributed by atoms with Gasteiger partial charge in [-0.25, -0.2) is 0 Å². The number of rotatable bonds is 2. The highest BCUT2D eigenvalue weighted by Crippen LogP contribution is 2.30. The Morgan fingerprint density at radius 3 is 2.87 bits per heavy atom. The molecule has 0 saturated carbocycles. The third-order valence-corrected chi connectivity index (χ3v) is 1.96. The van der Waals surface area contributed by atoms with Gasteiger partial charge in [-0.15, -0.1) is 0 Å². The van der Waals surface area contributed by atoms with E-state index >= 15 is 0 Å². The molecular formula is C9H9NO5. The molecule has 6 nitrogen and oxygen atoms in total. The van der Waals surface area contributed by atoms with Gasteiger partial charge in [-0.2, -0.15) is 5.48 Å². The van der Waals surface area contributed by atoms with Crippen LogP contribution in [-0.4, -0.2) is 22.6 Å². The second-order valence-electron chi connectivity index (χ2n) is 2.95. The quantitative estimate of drug-likeness (QED) is 0.570. The molecule has 80 valence electrons. The number of aliphatic hydroxyl groups excluding tert-OH is 1. The highest BCUT2D eigenvalue weighted by Gasteiger charge is 2.31.